The number of fused-ring (bicyclic) bond motifs is 1. The van der Waals surface area contributed by atoms with E-state index >= 15 is 0 Å². The van der Waals surface area contributed by atoms with Crippen LogP contribution in [0.25, 0.3) is 22.2 Å². The Kier molecular flexibility index (Phi) is 4.46. The van der Waals surface area contributed by atoms with Crippen LogP contribution in [0.3, 0.4) is 0 Å². The third-order valence-corrected chi connectivity index (χ3v) is 4.24. The molecule has 0 atom stereocenters. The Bertz CT molecular complexity index is 974. The van der Waals surface area contributed by atoms with Gasteiger partial charge in [-0.2, -0.15) is 13.2 Å². The van der Waals surface area contributed by atoms with Gasteiger partial charge < -0.3 is 9.72 Å². The third kappa shape index (κ3) is 3.82. The molecule has 3 rings (SSSR count). The number of halogens is 7. The minimum Gasteiger partial charge on any atom is -0.406 e. The van der Waals surface area contributed by atoms with Gasteiger partial charge in [-0.15, -0.1) is 13.2 Å². The first-order valence-electron chi connectivity index (χ1n) is 7.20. The van der Waals surface area contributed by atoms with Gasteiger partial charge >= 0.3 is 12.5 Å². The van der Waals surface area contributed by atoms with E-state index in [1.54, 1.807) is 13.0 Å². The summed E-state index contributed by atoms with van der Waals surface area (Å²) in [7, 11) is 0. The normalized spacial score (nSPS) is 12.6. The fraction of sp³-hybridized carbons (Fsp3) is 0.176. The molecule has 3 aromatic rings. The summed E-state index contributed by atoms with van der Waals surface area (Å²) < 4.78 is 80.3. The molecule has 0 radical (unpaired) electrons. The van der Waals surface area contributed by atoms with E-state index in [2.05, 4.69) is 25.7 Å². The first kappa shape index (κ1) is 18.6. The number of nitrogens with one attached hydrogen (secondary N) is 1. The Morgan fingerprint density at radius 3 is 2.27 bits per heavy atom. The quantitative estimate of drug-likeness (QED) is 0.437. The van der Waals surface area contributed by atoms with Crippen molar-refractivity contribution in [3.63, 3.8) is 0 Å². The summed E-state index contributed by atoms with van der Waals surface area (Å²) in [6, 6.07) is 7.11. The minimum absolute atomic E-state index is 0.336. The van der Waals surface area contributed by atoms with E-state index in [9.17, 15) is 26.3 Å². The van der Waals surface area contributed by atoms with Crippen molar-refractivity contribution < 1.29 is 31.1 Å². The van der Waals surface area contributed by atoms with Crippen molar-refractivity contribution in [2.24, 2.45) is 0 Å². The fourth-order valence-electron chi connectivity index (χ4n) is 2.69. The molecule has 2 nitrogen and oxygen atoms in total. The Morgan fingerprint density at radius 1 is 0.962 bits per heavy atom. The molecular weight excluding hydrogens is 428 g/mol. The van der Waals surface area contributed by atoms with Gasteiger partial charge in [0.05, 0.1) is 5.56 Å². The first-order chi connectivity index (χ1) is 11.9. The van der Waals surface area contributed by atoms with Crippen molar-refractivity contribution in [2.75, 3.05) is 0 Å². The smallest absolute Gasteiger partial charge is 0.406 e. The van der Waals surface area contributed by atoms with Gasteiger partial charge in [0.2, 0.25) is 0 Å². The van der Waals surface area contributed by atoms with Gasteiger partial charge in [-0.3, -0.25) is 0 Å². The van der Waals surface area contributed by atoms with Crippen molar-refractivity contribution in [3.8, 4) is 17.0 Å². The van der Waals surface area contributed by atoms with Crippen LogP contribution in [0.1, 0.15) is 11.1 Å². The number of H-pyrrole nitrogens is 1. The zero-order valence-corrected chi connectivity index (χ0v) is 14.6. The van der Waals surface area contributed by atoms with Crippen molar-refractivity contribution >= 4 is 26.8 Å². The number of aromatic nitrogens is 1. The summed E-state index contributed by atoms with van der Waals surface area (Å²) in [5.74, 6) is -0.434. The van der Waals surface area contributed by atoms with E-state index in [1.165, 1.54) is 12.1 Å². The minimum atomic E-state index is -4.85. The predicted molar refractivity (Wildman–Crippen MR) is 87.9 cm³/mol. The molecule has 0 bridgehead atoms. The van der Waals surface area contributed by atoms with E-state index in [4.69, 9.17) is 0 Å². The molecule has 138 valence electrons. The van der Waals surface area contributed by atoms with Crippen molar-refractivity contribution in [3.05, 3.63) is 52.0 Å². The largest absolute Gasteiger partial charge is 0.573 e. The van der Waals surface area contributed by atoms with E-state index in [1.807, 2.05) is 0 Å². The van der Waals surface area contributed by atoms with E-state index < -0.39 is 23.9 Å². The lowest BCUT2D eigenvalue weighted by Crippen LogP contribution is -2.17. The van der Waals surface area contributed by atoms with E-state index in [0.717, 1.165) is 18.2 Å². The van der Waals surface area contributed by atoms with Gasteiger partial charge in [0.15, 0.2) is 0 Å². The summed E-state index contributed by atoms with van der Waals surface area (Å²) in [6.07, 6.45) is -9.34. The third-order valence-electron chi connectivity index (χ3n) is 3.78. The van der Waals surface area contributed by atoms with Crippen LogP contribution in [-0.4, -0.2) is 11.3 Å². The number of alkyl halides is 6. The Morgan fingerprint density at radius 2 is 1.65 bits per heavy atom. The summed E-state index contributed by atoms with van der Waals surface area (Å²) in [5, 5.41) is 0.341. The maximum atomic E-state index is 12.9. The fourth-order valence-corrected chi connectivity index (χ4v) is 3.16. The molecule has 1 heterocycles. The second kappa shape index (κ2) is 6.22. The van der Waals surface area contributed by atoms with E-state index in [0.29, 0.717) is 32.2 Å². The molecule has 1 N–H and O–H groups in total. The van der Waals surface area contributed by atoms with Crippen molar-refractivity contribution in [1.82, 2.24) is 4.98 Å². The lowest BCUT2D eigenvalue weighted by atomic mass is 10.0. The molecule has 0 aliphatic carbocycles. The maximum Gasteiger partial charge on any atom is 0.573 e. The second-order valence-corrected chi connectivity index (χ2v) is 6.52. The summed E-state index contributed by atoms with van der Waals surface area (Å²) in [4.78, 5) is 2.95. The van der Waals surface area contributed by atoms with Crippen molar-refractivity contribution in [2.45, 2.75) is 19.5 Å². The van der Waals surface area contributed by atoms with Gasteiger partial charge in [0.1, 0.15) is 5.75 Å². The lowest BCUT2D eigenvalue weighted by molar-refractivity contribution is -0.274. The van der Waals surface area contributed by atoms with Gasteiger partial charge in [0, 0.05) is 26.6 Å². The molecule has 0 aliphatic heterocycles. The Balaban J connectivity index is 2.12. The molecule has 0 saturated carbocycles. The lowest BCUT2D eigenvalue weighted by Gasteiger charge is -2.11. The van der Waals surface area contributed by atoms with Crippen LogP contribution in [0.4, 0.5) is 26.3 Å². The maximum absolute atomic E-state index is 12.9. The highest BCUT2D eigenvalue weighted by molar-refractivity contribution is 9.10. The molecule has 0 amide bonds. The average molecular weight is 438 g/mol. The molecule has 0 saturated heterocycles. The van der Waals surface area contributed by atoms with Crippen LogP contribution in [0.2, 0.25) is 0 Å². The number of benzene rings is 2. The number of hydrogen-bond donors (Lipinski definition) is 1. The van der Waals surface area contributed by atoms with Crippen LogP contribution in [0, 0.1) is 6.92 Å². The van der Waals surface area contributed by atoms with Crippen LogP contribution >= 0.6 is 15.9 Å². The zero-order valence-electron chi connectivity index (χ0n) is 13.0. The highest BCUT2D eigenvalue weighted by atomic mass is 79.9. The molecule has 26 heavy (non-hydrogen) atoms. The summed E-state index contributed by atoms with van der Waals surface area (Å²) in [6.45, 7) is 1.60. The summed E-state index contributed by atoms with van der Waals surface area (Å²) >= 11 is 3.11. The Hall–Kier alpha value is -2.16. The van der Waals surface area contributed by atoms with Gasteiger partial charge in [-0.05, 0) is 48.9 Å². The van der Waals surface area contributed by atoms with Gasteiger partial charge in [-0.25, -0.2) is 0 Å². The molecule has 0 fully saturated rings. The molecular formula is C17H10BrF6NO. The SMILES string of the molecule is Cc1c(-c2cc(Br)cc(OC(F)(F)F)c2)[nH]c2ccc(C(F)(F)F)cc12. The zero-order chi connectivity index (χ0) is 19.3. The van der Waals surface area contributed by atoms with Crippen molar-refractivity contribution in [1.29, 1.82) is 0 Å². The topological polar surface area (TPSA) is 25.0 Å². The number of aromatic amines is 1. The number of ether oxygens (including phenoxy) is 1. The highest BCUT2D eigenvalue weighted by Gasteiger charge is 2.32. The second-order valence-electron chi connectivity index (χ2n) is 5.61. The van der Waals surface area contributed by atoms with Crippen LogP contribution < -0.4 is 4.74 Å². The molecule has 2 aromatic carbocycles. The molecule has 1 aromatic heterocycles. The molecule has 0 aliphatic rings. The number of aryl methyl sites for hydroxylation is 1. The number of rotatable bonds is 2. The molecule has 0 spiro atoms. The monoisotopic (exact) mass is 437 g/mol. The predicted octanol–water partition coefficient (Wildman–Crippen LogP) is 6.82. The number of hydrogen-bond acceptors (Lipinski definition) is 1. The average Bonchev–Trinajstić information content (AvgIpc) is 2.81. The van der Waals surface area contributed by atoms with Gasteiger partial charge in [0.25, 0.3) is 0 Å². The van der Waals surface area contributed by atoms with Crippen LogP contribution in [-0.2, 0) is 6.18 Å². The van der Waals surface area contributed by atoms with Crippen LogP contribution in [0.15, 0.2) is 40.9 Å². The first-order valence-corrected chi connectivity index (χ1v) is 7.99. The standard InChI is InChI=1S/C17H10BrF6NO/c1-8-13-6-10(16(19,20)21)2-3-14(13)25-15(8)9-4-11(18)7-12(5-9)26-17(22,23)24/h2-7,25H,1H3. The van der Waals surface area contributed by atoms with Gasteiger partial charge in [-0.1, -0.05) is 15.9 Å². The van der Waals surface area contributed by atoms with E-state index in [-0.39, 0.29) is 0 Å². The highest BCUT2D eigenvalue weighted by Crippen LogP contribution is 2.37. The summed E-state index contributed by atoms with van der Waals surface area (Å²) in [5.41, 5.74) is 0.897. The molecule has 9 heteroatoms. The van der Waals surface area contributed by atoms with Crippen LogP contribution in [0.5, 0.6) is 5.75 Å². The Labute approximate surface area is 151 Å². The molecule has 0 unspecified atom stereocenters.